The van der Waals surface area contributed by atoms with Crippen LogP contribution in [-0.2, 0) is 10.1 Å². The van der Waals surface area contributed by atoms with Gasteiger partial charge in [0.05, 0.1) is 5.25 Å². The van der Waals surface area contributed by atoms with Crippen molar-refractivity contribution in [3.05, 3.63) is 24.3 Å². The van der Waals surface area contributed by atoms with E-state index >= 15 is 0 Å². The van der Waals surface area contributed by atoms with E-state index in [1.165, 1.54) is 12.2 Å². The largest absolute Gasteiger partial charge is 1.00 e. The van der Waals surface area contributed by atoms with Crippen LogP contribution in [0.5, 0.6) is 0 Å². The average Bonchev–Trinajstić information content (AvgIpc) is 2.08. The number of allylic oxidation sites excluding steroid dienone is 2. The van der Waals surface area contributed by atoms with Crippen LogP contribution < -0.4 is 29.6 Å². The van der Waals surface area contributed by atoms with E-state index in [-0.39, 0.29) is 29.6 Å². The summed E-state index contributed by atoms with van der Waals surface area (Å²) >= 11 is 0. The zero-order valence-corrected chi connectivity index (χ0v) is 8.34. The van der Waals surface area contributed by atoms with Crippen molar-refractivity contribution in [2.45, 2.75) is 5.25 Å². The van der Waals surface area contributed by atoms with Gasteiger partial charge >= 0.3 is 29.6 Å². The molecule has 0 N–H and O–H groups in total. The Bertz CT molecular complexity index is 240. The second-order valence-electron chi connectivity index (χ2n) is 1.73. The topological polar surface area (TPSA) is 57.2 Å². The Kier molecular flexibility index (Phi) is 3.83. The van der Waals surface area contributed by atoms with E-state index in [0.717, 1.165) is 0 Å². The smallest absolute Gasteiger partial charge is 0.747 e. The second kappa shape index (κ2) is 3.69. The SMILES string of the molecule is O=S(=O)([O-])C1C=CC=C1.[Na+]. The Morgan fingerprint density at radius 3 is 1.80 bits per heavy atom. The van der Waals surface area contributed by atoms with Crippen molar-refractivity contribution in [1.29, 1.82) is 0 Å². The quantitative estimate of drug-likeness (QED) is 0.310. The average molecular weight is 168 g/mol. The first-order chi connectivity index (χ1) is 4.11. The molecule has 1 aliphatic carbocycles. The third kappa shape index (κ3) is 2.56. The van der Waals surface area contributed by atoms with E-state index in [1.807, 2.05) is 0 Å². The van der Waals surface area contributed by atoms with Crippen LogP contribution in [0.4, 0.5) is 0 Å². The Morgan fingerprint density at radius 2 is 1.60 bits per heavy atom. The van der Waals surface area contributed by atoms with Gasteiger partial charge in [-0.1, -0.05) is 24.3 Å². The van der Waals surface area contributed by atoms with Gasteiger partial charge in [-0.15, -0.1) is 0 Å². The first kappa shape index (κ1) is 10.4. The summed E-state index contributed by atoms with van der Waals surface area (Å²) in [4.78, 5) is 0. The van der Waals surface area contributed by atoms with Crippen LogP contribution in [0.1, 0.15) is 0 Å². The van der Waals surface area contributed by atoms with Crippen molar-refractivity contribution < 1.29 is 42.5 Å². The number of hydrogen-bond donors (Lipinski definition) is 0. The number of hydrogen-bond acceptors (Lipinski definition) is 3. The fourth-order valence-electron chi connectivity index (χ4n) is 0.604. The molecule has 0 saturated carbocycles. The van der Waals surface area contributed by atoms with Gasteiger partial charge in [-0.25, -0.2) is 8.42 Å². The van der Waals surface area contributed by atoms with Crippen molar-refractivity contribution in [3.63, 3.8) is 0 Å². The summed E-state index contributed by atoms with van der Waals surface area (Å²) in [6.07, 6.45) is 5.78. The van der Waals surface area contributed by atoms with E-state index in [4.69, 9.17) is 0 Å². The zero-order chi connectivity index (χ0) is 6.91. The van der Waals surface area contributed by atoms with Crippen LogP contribution in [0.15, 0.2) is 24.3 Å². The molecular weight excluding hydrogens is 163 g/mol. The second-order valence-corrected chi connectivity index (χ2v) is 3.26. The monoisotopic (exact) mass is 168 g/mol. The maximum atomic E-state index is 10.2. The van der Waals surface area contributed by atoms with E-state index in [0.29, 0.717) is 0 Å². The summed E-state index contributed by atoms with van der Waals surface area (Å²) in [5.41, 5.74) is 0. The van der Waals surface area contributed by atoms with Crippen molar-refractivity contribution >= 4 is 10.1 Å². The van der Waals surface area contributed by atoms with Crippen molar-refractivity contribution in [2.24, 2.45) is 0 Å². The predicted molar refractivity (Wildman–Crippen MR) is 31.8 cm³/mol. The molecule has 0 bridgehead atoms. The van der Waals surface area contributed by atoms with Crippen LogP contribution in [-0.4, -0.2) is 18.2 Å². The van der Waals surface area contributed by atoms with Gasteiger partial charge in [0.25, 0.3) is 0 Å². The Morgan fingerprint density at radius 1 is 1.20 bits per heavy atom. The molecule has 0 aromatic rings. The summed E-state index contributed by atoms with van der Waals surface area (Å²) in [5, 5.41) is -0.933. The summed E-state index contributed by atoms with van der Waals surface area (Å²) in [6, 6.07) is 0. The summed E-state index contributed by atoms with van der Waals surface area (Å²) in [5.74, 6) is 0. The van der Waals surface area contributed by atoms with Gasteiger partial charge < -0.3 is 4.55 Å². The Labute approximate surface area is 81.9 Å². The molecule has 5 heteroatoms. The van der Waals surface area contributed by atoms with Crippen molar-refractivity contribution in [3.8, 4) is 0 Å². The third-order valence-electron chi connectivity index (χ3n) is 1.05. The molecule has 1 aliphatic rings. The molecule has 0 heterocycles. The van der Waals surface area contributed by atoms with Gasteiger partial charge in [-0.05, 0) is 0 Å². The fourth-order valence-corrected chi connectivity index (χ4v) is 1.17. The molecule has 10 heavy (non-hydrogen) atoms. The fraction of sp³-hybridized carbons (Fsp3) is 0.200. The molecule has 0 aromatic carbocycles. The molecule has 50 valence electrons. The molecule has 0 fully saturated rings. The van der Waals surface area contributed by atoms with Crippen LogP contribution in [0.25, 0.3) is 0 Å². The first-order valence-corrected chi connectivity index (χ1v) is 3.87. The normalized spacial score (nSPS) is 17.3. The Balaban J connectivity index is 0.000000810. The summed E-state index contributed by atoms with van der Waals surface area (Å²) < 4.78 is 30.5. The summed E-state index contributed by atoms with van der Waals surface area (Å²) in [7, 11) is -4.13. The minimum absolute atomic E-state index is 0. The molecule has 0 aliphatic heterocycles. The minimum atomic E-state index is -4.13. The van der Waals surface area contributed by atoms with Crippen molar-refractivity contribution in [2.75, 3.05) is 0 Å². The van der Waals surface area contributed by atoms with Gasteiger partial charge in [-0.2, -0.15) is 0 Å². The Hall–Kier alpha value is 0.390. The third-order valence-corrected chi connectivity index (χ3v) is 2.03. The molecule has 0 radical (unpaired) electrons. The maximum Gasteiger partial charge on any atom is 1.00 e. The molecule has 0 spiro atoms. The van der Waals surface area contributed by atoms with Crippen LogP contribution in [0, 0.1) is 0 Å². The molecule has 0 aromatic heterocycles. The van der Waals surface area contributed by atoms with Gasteiger partial charge in [-0.3, -0.25) is 0 Å². The maximum absolute atomic E-state index is 10.2. The van der Waals surface area contributed by atoms with Gasteiger partial charge in [0, 0.05) is 0 Å². The van der Waals surface area contributed by atoms with Crippen LogP contribution >= 0.6 is 0 Å². The predicted octanol–water partition coefficient (Wildman–Crippen LogP) is -2.97. The molecule has 0 amide bonds. The first-order valence-electron chi connectivity index (χ1n) is 2.40. The molecule has 1 rings (SSSR count). The van der Waals surface area contributed by atoms with E-state index in [1.54, 1.807) is 12.2 Å². The van der Waals surface area contributed by atoms with Gasteiger partial charge in [0.1, 0.15) is 10.1 Å². The molecule has 0 atom stereocenters. The summed E-state index contributed by atoms with van der Waals surface area (Å²) in [6.45, 7) is 0. The zero-order valence-electron chi connectivity index (χ0n) is 5.52. The molecular formula is C5H5NaO3S. The molecule has 0 saturated heterocycles. The van der Waals surface area contributed by atoms with E-state index < -0.39 is 15.4 Å². The van der Waals surface area contributed by atoms with E-state index in [2.05, 4.69) is 0 Å². The molecule has 3 nitrogen and oxygen atoms in total. The van der Waals surface area contributed by atoms with Crippen molar-refractivity contribution in [1.82, 2.24) is 0 Å². The van der Waals surface area contributed by atoms with Gasteiger partial charge in [0.15, 0.2) is 0 Å². The van der Waals surface area contributed by atoms with Crippen LogP contribution in [0.3, 0.4) is 0 Å². The van der Waals surface area contributed by atoms with Gasteiger partial charge in [0.2, 0.25) is 0 Å². The standard InChI is InChI=1S/C5H6O3S.Na/c6-9(7,8)5-3-1-2-4-5;/h1-5H,(H,6,7,8);/q;+1/p-1. The minimum Gasteiger partial charge on any atom is -0.747 e. The van der Waals surface area contributed by atoms with E-state index in [9.17, 15) is 13.0 Å². The van der Waals surface area contributed by atoms with Crippen LogP contribution in [0.2, 0.25) is 0 Å². The number of rotatable bonds is 1. The molecule has 0 unspecified atom stereocenters.